The molecule has 0 spiro atoms. The van der Waals surface area contributed by atoms with Crippen LogP contribution in [0.1, 0.15) is 31.9 Å². The summed E-state index contributed by atoms with van der Waals surface area (Å²) in [5.74, 6) is -0.382. The molecule has 0 aromatic heterocycles. The first-order valence-corrected chi connectivity index (χ1v) is 12.2. The van der Waals surface area contributed by atoms with E-state index in [2.05, 4.69) is 24.1 Å². The number of aryl methyl sites for hydroxylation is 1. The number of carbonyl (C=O) groups is 1. The van der Waals surface area contributed by atoms with Crippen LogP contribution >= 0.6 is 11.6 Å². The summed E-state index contributed by atoms with van der Waals surface area (Å²) in [6, 6.07) is 12.0. The molecule has 8 heteroatoms. The number of rotatable bonds is 9. The molecule has 6 nitrogen and oxygen atoms in total. The van der Waals surface area contributed by atoms with Gasteiger partial charge in [0.2, 0.25) is 15.9 Å². The maximum atomic E-state index is 12.8. The molecule has 0 aliphatic rings. The van der Waals surface area contributed by atoms with Crippen molar-refractivity contribution in [3.8, 4) is 0 Å². The van der Waals surface area contributed by atoms with Gasteiger partial charge in [-0.1, -0.05) is 29.8 Å². The number of halogens is 1. The number of sulfonamides is 1. The predicted molar refractivity (Wildman–Crippen MR) is 125 cm³/mol. The van der Waals surface area contributed by atoms with Gasteiger partial charge >= 0.3 is 0 Å². The fourth-order valence-electron chi connectivity index (χ4n) is 3.35. The van der Waals surface area contributed by atoms with Crippen LogP contribution in [0.4, 0.5) is 11.4 Å². The van der Waals surface area contributed by atoms with Gasteiger partial charge in [0.25, 0.3) is 0 Å². The third-order valence-corrected chi connectivity index (χ3v) is 6.49. The van der Waals surface area contributed by atoms with Crippen molar-refractivity contribution < 1.29 is 13.2 Å². The Morgan fingerprint density at radius 2 is 1.70 bits per heavy atom. The first-order chi connectivity index (χ1) is 14.1. The highest BCUT2D eigenvalue weighted by Crippen LogP contribution is 2.28. The molecule has 0 bridgehead atoms. The minimum Gasteiger partial charge on any atom is -0.372 e. The van der Waals surface area contributed by atoms with Crippen molar-refractivity contribution in [1.29, 1.82) is 0 Å². The quantitative estimate of drug-likeness (QED) is 0.626. The number of carbonyl (C=O) groups excluding carboxylic acids is 1. The number of nitrogens with zero attached hydrogens (tertiary/aromatic N) is 2. The molecule has 164 valence electrons. The van der Waals surface area contributed by atoms with E-state index in [0.29, 0.717) is 17.3 Å². The van der Waals surface area contributed by atoms with Crippen molar-refractivity contribution in [3.63, 3.8) is 0 Å². The summed E-state index contributed by atoms with van der Waals surface area (Å²) in [7, 11) is -3.70. The largest absolute Gasteiger partial charge is 0.372 e. The van der Waals surface area contributed by atoms with Gasteiger partial charge in [0.05, 0.1) is 11.9 Å². The Morgan fingerprint density at radius 1 is 1.10 bits per heavy atom. The predicted octanol–water partition coefficient (Wildman–Crippen LogP) is 3.97. The van der Waals surface area contributed by atoms with E-state index < -0.39 is 16.1 Å². The average Bonchev–Trinajstić information content (AvgIpc) is 2.69. The van der Waals surface area contributed by atoms with E-state index in [-0.39, 0.29) is 5.91 Å². The summed E-state index contributed by atoms with van der Waals surface area (Å²) in [5, 5.41) is 3.25. The Labute approximate surface area is 184 Å². The van der Waals surface area contributed by atoms with Gasteiger partial charge in [-0.3, -0.25) is 9.10 Å². The van der Waals surface area contributed by atoms with Crippen LogP contribution in [0.3, 0.4) is 0 Å². The number of anilines is 2. The molecule has 30 heavy (non-hydrogen) atoms. The van der Waals surface area contributed by atoms with Crippen LogP contribution in [-0.2, 0) is 21.4 Å². The van der Waals surface area contributed by atoms with E-state index in [1.807, 2.05) is 24.3 Å². The van der Waals surface area contributed by atoms with Gasteiger partial charge in [0, 0.05) is 30.3 Å². The van der Waals surface area contributed by atoms with Gasteiger partial charge in [0.15, 0.2) is 0 Å². The highest BCUT2D eigenvalue weighted by molar-refractivity contribution is 7.92. The maximum absolute atomic E-state index is 12.8. The first-order valence-electron chi connectivity index (χ1n) is 9.95. The Balaban J connectivity index is 2.15. The van der Waals surface area contributed by atoms with E-state index in [1.54, 1.807) is 32.0 Å². The summed E-state index contributed by atoms with van der Waals surface area (Å²) in [6.07, 6.45) is 1.09. The van der Waals surface area contributed by atoms with E-state index in [0.717, 1.165) is 40.5 Å². The number of hydrogen-bond acceptors (Lipinski definition) is 4. The van der Waals surface area contributed by atoms with E-state index in [9.17, 15) is 13.2 Å². The summed E-state index contributed by atoms with van der Waals surface area (Å²) in [6.45, 7) is 9.73. The Kier molecular flexibility index (Phi) is 8.15. The lowest BCUT2D eigenvalue weighted by Crippen LogP contribution is -2.48. The molecular formula is C22H30ClN3O3S. The number of hydrogen-bond donors (Lipinski definition) is 1. The molecule has 1 unspecified atom stereocenters. The lowest BCUT2D eigenvalue weighted by atomic mass is 10.1. The fraction of sp³-hybridized carbons (Fsp3) is 0.409. The van der Waals surface area contributed by atoms with Crippen LogP contribution in [0, 0.1) is 6.92 Å². The second-order valence-electron chi connectivity index (χ2n) is 7.22. The third-order valence-electron chi connectivity index (χ3n) is 5.03. The van der Waals surface area contributed by atoms with Crippen LogP contribution in [0.5, 0.6) is 0 Å². The minimum atomic E-state index is -3.70. The maximum Gasteiger partial charge on any atom is 0.243 e. The van der Waals surface area contributed by atoms with Crippen molar-refractivity contribution in [3.05, 3.63) is 58.6 Å². The zero-order chi connectivity index (χ0) is 22.5. The molecule has 0 fully saturated rings. The second kappa shape index (κ2) is 10.2. The van der Waals surface area contributed by atoms with Crippen molar-refractivity contribution in [2.24, 2.45) is 0 Å². The molecule has 0 aliphatic carbocycles. The van der Waals surface area contributed by atoms with Gasteiger partial charge < -0.3 is 10.2 Å². The topological polar surface area (TPSA) is 69.7 Å². The molecular weight excluding hydrogens is 422 g/mol. The number of benzene rings is 2. The Morgan fingerprint density at radius 3 is 2.23 bits per heavy atom. The van der Waals surface area contributed by atoms with Gasteiger partial charge in [-0.15, -0.1) is 0 Å². The second-order valence-corrected chi connectivity index (χ2v) is 9.52. The number of nitrogens with one attached hydrogen (secondary N) is 1. The lowest BCUT2D eigenvalue weighted by Gasteiger charge is -2.29. The van der Waals surface area contributed by atoms with Crippen molar-refractivity contribution in [1.82, 2.24) is 5.32 Å². The van der Waals surface area contributed by atoms with Crippen molar-refractivity contribution in [2.75, 3.05) is 28.6 Å². The van der Waals surface area contributed by atoms with Gasteiger partial charge in [0.1, 0.15) is 6.04 Å². The highest BCUT2D eigenvalue weighted by atomic mass is 35.5. The molecule has 0 saturated heterocycles. The van der Waals surface area contributed by atoms with Crippen LogP contribution in [0.25, 0.3) is 0 Å². The van der Waals surface area contributed by atoms with Gasteiger partial charge in [-0.05, 0) is 63.1 Å². The SMILES string of the molecule is CCN(CC)c1ccc(CNC(=O)C(C)N(c2cc(Cl)ccc2C)S(C)(=O)=O)cc1. The van der Waals surface area contributed by atoms with Crippen LogP contribution in [0.15, 0.2) is 42.5 Å². The molecule has 1 amide bonds. The molecule has 2 rings (SSSR count). The average molecular weight is 452 g/mol. The van der Waals surface area contributed by atoms with Crippen LogP contribution in [-0.4, -0.2) is 39.7 Å². The van der Waals surface area contributed by atoms with Crippen molar-refractivity contribution in [2.45, 2.75) is 40.3 Å². The first kappa shape index (κ1) is 24.0. The summed E-state index contributed by atoms with van der Waals surface area (Å²) >= 11 is 6.07. The highest BCUT2D eigenvalue weighted by Gasteiger charge is 2.30. The number of amides is 1. The fourth-order valence-corrected chi connectivity index (χ4v) is 4.74. The molecule has 1 N–H and O–H groups in total. The van der Waals surface area contributed by atoms with E-state index in [1.165, 1.54) is 0 Å². The normalized spacial score (nSPS) is 12.3. The third kappa shape index (κ3) is 5.89. The summed E-state index contributed by atoms with van der Waals surface area (Å²) < 4.78 is 26.1. The van der Waals surface area contributed by atoms with Gasteiger partial charge in [-0.25, -0.2) is 8.42 Å². The van der Waals surface area contributed by atoms with Gasteiger partial charge in [-0.2, -0.15) is 0 Å². The Hall–Kier alpha value is -2.25. The molecule has 2 aromatic rings. The molecule has 0 radical (unpaired) electrons. The zero-order valence-corrected chi connectivity index (χ0v) is 19.7. The molecule has 0 aliphatic heterocycles. The minimum absolute atomic E-state index is 0.313. The van der Waals surface area contributed by atoms with Crippen molar-refractivity contribution >= 4 is 38.9 Å². The smallest absolute Gasteiger partial charge is 0.243 e. The zero-order valence-electron chi connectivity index (χ0n) is 18.1. The molecule has 0 heterocycles. The standard InChI is InChI=1S/C22H30ClN3O3S/c1-6-25(7-2)20-12-9-18(10-13-20)15-24-22(27)17(4)26(30(5,28)29)21-14-19(23)11-8-16(21)3/h8-14,17H,6-7,15H2,1-5H3,(H,24,27). The lowest BCUT2D eigenvalue weighted by molar-refractivity contribution is -0.122. The van der Waals surface area contributed by atoms with Crippen LogP contribution < -0.4 is 14.5 Å². The summed E-state index contributed by atoms with van der Waals surface area (Å²) in [5.41, 5.74) is 3.19. The monoisotopic (exact) mass is 451 g/mol. The van der Waals surface area contributed by atoms with Crippen LogP contribution in [0.2, 0.25) is 5.02 Å². The summed E-state index contributed by atoms with van der Waals surface area (Å²) in [4.78, 5) is 15.0. The Bertz CT molecular complexity index is 974. The van der Waals surface area contributed by atoms with E-state index in [4.69, 9.17) is 11.6 Å². The van der Waals surface area contributed by atoms with E-state index >= 15 is 0 Å². The molecule has 0 saturated carbocycles. The molecule has 2 aromatic carbocycles. The molecule has 1 atom stereocenters.